The molecule has 32 heavy (non-hydrogen) atoms. The van der Waals surface area contributed by atoms with Crippen LogP contribution in [0.2, 0.25) is 0 Å². The van der Waals surface area contributed by atoms with Crippen molar-refractivity contribution in [2.24, 2.45) is 0 Å². The molecule has 1 heterocycles. The molecule has 0 N–H and O–H groups in total. The van der Waals surface area contributed by atoms with Gasteiger partial charge in [0, 0.05) is 0 Å². The van der Waals surface area contributed by atoms with Crippen LogP contribution in [0.1, 0.15) is 39.5 Å². The van der Waals surface area contributed by atoms with E-state index in [1.807, 2.05) is 0 Å². The molecule has 5 rings (SSSR count). The first-order valence-electron chi connectivity index (χ1n) is 11.3. The zero-order valence-electron chi connectivity index (χ0n) is 18.4. The van der Waals surface area contributed by atoms with Gasteiger partial charge >= 0.3 is 198 Å². The summed E-state index contributed by atoms with van der Waals surface area (Å²) >= 11 is 3.20. The Bertz CT molecular complexity index is 1190. The van der Waals surface area contributed by atoms with Gasteiger partial charge in [0.2, 0.25) is 0 Å². The Morgan fingerprint density at radius 3 is 1.81 bits per heavy atom. The number of rotatable bonds is 6. The van der Waals surface area contributed by atoms with E-state index < -0.39 is 6.63 Å². The fourth-order valence-corrected chi connectivity index (χ4v) is 7.73. The number of benzene rings is 4. The topological polar surface area (TPSA) is 27.7 Å². The van der Waals surface area contributed by atoms with Gasteiger partial charge in [-0.15, -0.1) is 0 Å². The predicted octanol–water partition coefficient (Wildman–Crippen LogP) is 8.26. The van der Waals surface area contributed by atoms with E-state index in [1.54, 1.807) is 0 Å². The summed E-state index contributed by atoms with van der Waals surface area (Å²) < 4.78 is 19.8. The second-order valence-corrected chi connectivity index (χ2v) is 12.5. The van der Waals surface area contributed by atoms with Crippen LogP contribution in [-0.4, -0.2) is 21.7 Å². The van der Waals surface area contributed by atoms with Gasteiger partial charge < -0.3 is 0 Å². The Kier molecular flexibility index (Phi) is 6.14. The third kappa shape index (κ3) is 4.02. The van der Waals surface area contributed by atoms with E-state index in [2.05, 4.69) is 102 Å². The van der Waals surface area contributed by atoms with Crippen LogP contribution in [-0.2, 0) is 4.52 Å². The van der Waals surface area contributed by atoms with Gasteiger partial charge in [-0.25, -0.2) is 0 Å². The van der Waals surface area contributed by atoms with Crippen LogP contribution in [0.3, 0.4) is 0 Å². The number of hydrogen-bond donors (Lipinski definition) is 0. The average molecular weight is 509 g/mol. The quantitative estimate of drug-likeness (QED) is 0.193. The fraction of sp³-hybridized carbons (Fsp3) is 0.259. The molecule has 0 saturated carbocycles. The van der Waals surface area contributed by atoms with Gasteiger partial charge in [0.1, 0.15) is 0 Å². The van der Waals surface area contributed by atoms with Crippen molar-refractivity contribution < 1.29 is 13.6 Å². The van der Waals surface area contributed by atoms with Crippen LogP contribution in [0.25, 0.3) is 32.7 Å². The minimum absolute atomic E-state index is 0.0930. The van der Waals surface area contributed by atoms with Gasteiger partial charge in [0.05, 0.1) is 0 Å². The van der Waals surface area contributed by atoms with Crippen molar-refractivity contribution in [3.8, 4) is 22.6 Å². The first kappa shape index (κ1) is 21.7. The van der Waals surface area contributed by atoms with Crippen molar-refractivity contribution in [2.45, 2.75) is 45.6 Å². The average Bonchev–Trinajstić information content (AvgIpc) is 2.95. The van der Waals surface area contributed by atoms with Gasteiger partial charge in [-0.3, -0.25) is 0 Å². The first-order valence-corrected chi connectivity index (χ1v) is 15.1. The molecule has 0 aliphatic carbocycles. The van der Waals surface area contributed by atoms with Gasteiger partial charge in [0.15, 0.2) is 0 Å². The molecule has 4 aromatic carbocycles. The molecule has 1 aliphatic heterocycles. The van der Waals surface area contributed by atoms with Crippen LogP contribution in [0, 0.1) is 0 Å². The molecular formula is C27H27O3PSe. The predicted molar refractivity (Wildman–Crippen MR) is 136 cm³/mol. The van der Waals surface area contributed by atoms with Crippen molar-refractivity contribution in [1.82, 2.24) is 0 Å². The first-order chi connectivity index (χ1) is 15.6. The summed E-state index contributed by atoms with van der Waals surface area (Å²) in [6.07, 6.45) is 4.28. The van der Waals surface area contributed by atoms with Gasteiger partial charge in [0.25, 0.3) is 0 Å². The van der Waals surface area contributed by atoms with Crippen molar-refractivity contribution >= 4 is 43.7 Å². The summed E-state index contributed by atoms with van der Waals surface area (Å²) in [6.45, 7) is 1.60. The molecule has 0 fully saturated rings. The summed E-state index contributed by atoms with van der Waals surface area (Å²) in [7, 11) is 0. The van der Waals surface area contributed by atoms with Crippen LogP contribution >= 0.6 is 6.63 Å². The molecular weight excluding hydrogens is 482 g/mol. The van der Waals surface area contributed by atoms with Gasteiger partial charge in [-0.1, -0.05) is 0 Å². The molecule has 1 aliphatic rings. The SMILES string of the molecule is CCCCC(CC)O[P+]1([Se-])Oc2ccc3ccccc3c2-c2c(ccc3ccccc23)O1. The molecule has 0 amide bonds. The Morgan fingerprint density at radius 2 is 1.31 bits per heavy atom. The summed E-state index contributed by atoms with van der Waals surface area (Å²) in [5.74, 6) is 1.60. The Labute approximate surface area is 198 Å². The third-order valence-electron chi connectivity index (χ3n) is 6.07. The maximum atomic E-state index is 6.61. The van der Waals surface area contributed by atoms with E-state index >= 15 is 0 Å². The van der Waals surface area contributed by atoms with E-state index in [9.17, 15) is 0 Å². The molecule has 0 aromatic heterocycles. The van der Waals surface area contributed by atoms with Crippen LogP contribution in [0.15, 0.2) is 72.8 Å². The van der Waals surface area contributed by atoms with E-state index in [1.165, 1.54) is 10.8 Å². The second kappa shape index (κ2) is 9.04. The summed E-state index contributed by atoms with van der Waals surface area (Å²) in [6, 6.07) is 25.2. The Balaban J connectivity index is 1.73. The fourth-order valence-electron chi connectivity index (χ4n) is 4.42. The summed E-state index contributed by atoms with van der Waals surface area (Å²) in [5, 5.41) is 4.65. The minimum atomic E-state index is -2.77. The summed E-state index contributed by atoms with van der Waals surface area (Å²) in [5.41, 5.74) is 2.13. The van der Waals surface area contributed by atoms with Crippen molar-refractivity contribution in [3.63, 3.8) is 0 Å². The number of hydrogen-bond acceptors (Lipinski definition) is 3. The monoisotopic (exact) mass is 510 g/mol. The number of unbranched alkanes of at least 4 members (excludes halogenated alkanes) is 1. The molecule has 0 saturated heterocycles. The van der Waals surface area contributed by atoms with Crippen LogP contribution < -0.4 is 9.05 Å². The van der Waals surface area contributed by atoms with Crippen molar-refractivity contribution in [3.05, 3.63) is 72.8 Å². The molecule has 4 aromatic rings. The molecule has 0 bridgehead atoms. The Morgan fingerprint density at radius 1 is 0.781 bits per heavy atom. The normalized spacial score (nSPS) is 15.3. The molecule has 0 radical (unpaired) electrons. The Hall–Kier alpha value is -2.09. The van der Waals surface area contributed by atoms with Crippen molar-refractivity contribution in [2.75, 3.05) is 0 Å². The molecule has 5 heteroatoms. The standard InChI is InChI=1S/C27H27O3PSe/c1-3-5-12-21(4-2)28-31(32)29-24-17-15-19-10-6-8-13-22(19)26(24)27-23-14-9-7-11-20(23)16-18-25(27)30-31/h6-11,13-18,21H,3-5,12H2,1-2H3. The zero-order valence-corrected chi connectivity index (χ0v) is 21.0. The molecule has 3 nitrogen and oxygen atoms in total. The van der Waals surface area contributed by atoms with Crippen molar-refractivity contribution in [1.29, 1.82) is 0 Å². The van der Waals surface area contributed by atoms with Crippen LogP contribution in [0.4, 0.5) is 0 Å². The van der Waals surface area contributed by atoms with E-state index in [4.69, 9.17) is 13.6 Å². The van der Waals surface area contributed by atoms with E-state index in [0.717, 1.165) is 59.1 Å². The maximum absolute atomic E-state index is 6.61. The molecule has 1 unspecified atom stereocenters. The van der Waals surface area contributed by atoms with Gasteiger partial charge in [-0.2, -0.15) is 0 Å². The molecule has 1 atom stereocenters. The van der Waals surface area contributed by atoms with E-state index in [-0.39, 0.29) is 6.10 Å². The number of fused-ring (bicyclic) bond motifs is 7. The molecule has 0 spiro atoms. The van der Waals surface area contributed by atoms with Gasteiger partial charge in [-0.05, 0) is 0 Å². The summed E-state index contributed by atoms with van der Waals surface area (Å²) in [4.78, 5) is 0. The second-order valence-electron chi connectivity index (χ2n) is 8.23. The van der Waals surface area contributed by atoms with E-state index in [0.29, 0.717) is 0 Å². The molecule has 164 valence electrons. The zero-order chi connectivity index (χ0) is 22.1. The third-order valence-corrected chi connectivity index (χ3v) is 8.94. The van der Waals surface area contributed by atoms with Crippen LogP contribution in [0.5, 0.6) is 11.5 Å².